The second-order valence-corrected chi connectivity index (χ2v) is 5.56. The van der Waals surface area contributed by atoms with Gasteiger partial charge in [0.15, 0.2) is 0 Å². The maximum absolute atomic E-state index is 12.2. The molecule has 0 spiro atoms. The van der Waals surface area contributed by atoms with Crippen LogP contribution in [0.2, 0.25) is 0 Å². The maximum atomic E-state index is 12.2. The van der Waals surface area contributed by atoms with Crippen molar-refractivity contribution in [2.75, 3.05) is 7.11 Å². The number of aromatic nitrogens is 2. The molecule has 0 bridgehead atoms. The van der Waals surface area contributed by atoms with Crippen molar-refractivity contribution in [1.29, 1.82) is 0 Å². The molecular weight excluding hydrogens is 280 g/mol. The Labute approximate surface area is 128 Å². The number of hydrogen-bond acceptors (Lipinski definition) is 4. The van der Waals surface area contributed by atoms with Gasteiger partial charge < -0.3 is 4.74 Å². The zero-order valence-corrected chi connectivity index (χ0v) is 12.5. The van der Waals surface area contributed by atoms with Crippen molar-refractivity contribution >= 4 is 5.97 Å². The third kappa shape index (κ3) is 2.79. The predicted molar refractivity (Wildman–Crippen MR) is 82.0 cm³/mol. The minimum Gasteiger partial charge on any atom is -0.465 e. The number of carbonyl (C=O) groups excluding carboxylic acids is 1. The van der Waals surface area contributed by atoms with Gasteiger partial charge in [-0.25, -0.2) is 9.78 Å². The van der Waals surface area contributed by atoms with Gasteiger partial charge in [-0.05, 0) is 24.5 Å². The van der Waals surface area contributed by atoms with Gasteiger partial charge in [-0.1, -0.05) is 24.6 Å². The smallest absolute Gasteiger partial charge is 0.338 e. The van der Waals surface area contributed by atoms with Crippen molar-refractivity contribution in [2.45, 2.75) is 31.7 Å². The summed E-state index contributed by atoms with van der Waals surface area (Å²) in [5, 5.41) is 0. The molecule has 1 aromatic heterocycles. The number of carbonyl (C=O) groups is 1. The van der Waals surface area contributed by atoms with E-state index in [2.05, 4.69) is 4.98 Å². The maximum Gasteiger partial charge on any atom is 0.338 e. The van der Waals surface area contributed by atoms with Gasteiger partial charge in [0.1, 0.15) is 0 Å². The first kappa shape index (κ1) is 14.5. The molecule has 0 N–H and O–H groups in total. The topological polar surface area (TPSA) is 61.2 Å². The first-order chi connectivity index (χ1) is 10.7. The molecular formula is C17H18N2O3. The Hall–Kier alpha value is -2.43. The Morgan fingerprint density at radius 2 is 2.14 bits per heavy atom. The van der Waals surface area contributed by atoms with E-state index in [9.17, 15) is 9.59 Å². The van der Waals surface area contributed by atoms with Gasteiger partial charge in [-0.3, -0.25) is 9.36 Å². The highest BCUT2D eigenvalue weighted by atomic mass is 16.5. The second-order valence-electron chi connectivity index (χ2n) is 5.56. The van der Waals surface area contributed by atoms with Gasteiger partial charge in [0.2, 0.25) is 0 Å². The van der Waals surface area contributed by atoms with Crippen LogP contribution in [-0.4, -0.2) is 22.6 Å². The van der Waals surface area contributed by atoms with Crippen LogP contribution in [0.4, 0.5) is 0 Å². The number of ether oxygens (including phenoxy) is 1. The summed E-state index contributed by atoms with van der Waals surface area (Å²) >= 11 is 0. The van der Waals surface area contributed by atoms with Gasteiger partial charge in [0.05, 0.1) is 31.2 Å². The summed E-state index contributed by atoms with van der Waals surface area (Å²) in [4.78, 5) is 28.4. The number of methoxy groups -OCH3 is 1. The third-order valence-corrected chi connectivity index (χ3v) is 4.19. The average molecular weight is 298 g/mol. The second kappa shape index (κ2) is 6.13. The monoisotopic (exact) mass is 298 g/mol. The molecule has 22 heavy (non-hydrogen) atoms. The Balaban J connectivity index is 1.87. The largest absolute Gasteiger partial charge is 0.465 e. The number of nitrogens with zero attached hydrogens (tertiary/aromatic N) is 2. The lowest BCUT2D eigenvalue weighted by Crippen LogP contribution is -2.24. The quantitative estimate of drug-likeness (QED) is 0.813. The third-order valence-electron chi connectivity index (χ3n) is 4.19. The molecule has 114 valence electrons. The van der Waals surface area contributed by atoms with Crippen molar-refractivity contribution in [1.82, 2.24) is 9.55 Å². The molecule has 0 atom stereocenters. The van der Waals surface area contributed by atoms with E-state index in [1.54, 1.807) is 24.5 Å². The van der Waals surface area contributed by atoms with Crippen LogP contribution in [0.1, 0.15) is 46.8 Å². The molecule has 5 nitrogen and oxygen atoms in total. The molecule has 1 heterocycles. The van der Waals surface area contributed by atoms with Crippen LogP contribution in [-0.2, 0) is 11.3 Å². The van der Waals surface area contributed by atoms with E-state index in [0.717, 1.165) is 24.1 Å². The Morgan fingerprint density at radius 1 is 1.36 bits per heavy atom. The zero-order valence-electron chi connectivity index (χ0n) is 12.5. The van der Waals surface area contributed by atoms with E-state index in [-0.39, 0.29) is 5.56 Å². The minimum absolute atomic E-state index is 0.0865. The Morgan fingerprint density at radius 3 is 2.77 bits per heavy atom. The lowest BCUT2D eigenvalue weighted by molar-refractivity contribution is 0.0599. The lowest BCUT2D eigenvalue weighted by Gasteiger charge is -2.24. The van der Waals surface area contributed by atoms with Crippen LogP contribution in [0.3, 0.4) is 0 Å². The molecule has 1 aliphatic rings. The summed E-state index contributed by atoms with van der Waals surface area (Å²) < 4.78 is 6.29. The highest BCUT2D eigenvalue weighted by Gasteiger charge is 2.21. The highest BCUT2D eigenvalue weighted by molar-refractivity contribution is 5.90. The van der Waals surface area contributed by atoms with Crippen LogP contribution in [0.15, 0.2) is 41.5 Å². The zero-order chi connectivity index (χ0) is 15.5. The molecule has 0 saturated heterocycles. The van der Waals surface area contributed by atoms with Crippen molar-refractivity contribution in [3.05, 3.63) is 63.8 Å². The molecule has 2 aromatic rings. The highest BCUT2D eigenvalue weighted by Crippen LogP contribution is 2.34. The summed E-state index contributed by atoms with van der Waals surface area (Å²) in [6.07, 6.45) is 5.01. The fourth-order valence-electron chi connectivity index (χ4n) is 2.64. The number of benzene rings is 1. The fraction of sp³-hybridized carbons (Fsp3) is 0.353. The first-order valence-corrected chi connectivity index (χ1v) is 7.41. The molecule has 1 aliphatic carbocycles. The van der Waals surface area contributed by atoms with Crippen LogP contribution < -0.4 is 5.56 Å². The van der Waals surface area contributed by atoms with Crippen LogP contribution in [0.25, 0.3) is 0 Å². The van der Waals surface area contributed by atoms with Crippen molar-refractivity contribution in [3.63, 3.8) is 0 Å². The molecule has 1 saturated carbocycles. The Bertz CT molecular complexity index is 748. The van der Waals surface area contributed by atoms with Gasteiger partial charge in [0.25, 0.3) is 5.56 Å². The molecule has 1 aromatic carbocycles. The molecule has 3 rings (SSSR count). The summed E-state index contributed by atoms with van der Waals surface area (Å²) in [7, 11) is 1.35. The van der Waals surface area contributed by atoms with Crippen molar-refractivity contribution in [2.24, 2.45) is 0 Å². The normalized spacial score (nSPS) is 14.4. The van der Waals surface area contributed by atoms with E-state index in [0.29, 0.717) is 18.0 Å². The molecule has 5 heteroatoms. The van der Waals surface area contributed by atoms with Crippen molar-refractivity contribution < 1.29 is 9.53 Å². The SMILES string of the molecule is COC(=O)c1ccccc1Cn1cnc(C2CCC2)cc1=O. The van der Waals surface area contributed by atoms with E-state index in [1.807, 2.05) is 12.1 Å². The van der Waals surface area contributed by atoms with Gasteiger partial charge >= 0.3 is 5.97 Å². The van der Waals surface area contributed by atoms with Crippen LogP contribution >= 0.6 is 0 Å². The van der Waals surface area contributed by atoms with Gasteiger partial charge in [0, 0.05) is 12.0 Å². The summed E-state index contributed by atoms with van der Waals surface area (Å²) in [6, 6.07) is 8.74. The van der Waals surface area contributed by atoms with Gasteiger partial charge in [-0.2, -0.15) is 0 Å². The van der Waals surface area contributed by atoms with Gasteiger partial charge in [-0.15, -0.1) is 0 Å². The molecule has 0 radical (unpaired) electrons. The van der Waals surface area contributed by atoms with E-state index < -0.39 is 5.97 Å². The summed E-state index contributed by atoms with van der Waals surface area (Å²) in [6.45, 7) is 0.308. The summed E-state index contributed by atoms with van der Waals surface area (Å²) in [5.74, 6) is 0.0346. The number of hydrogen-bond donors (Lipinski definition) is 0. The average Bonchev–Trinajstić information content (AvgIpc) is 2.48. The predicted octanol–water partition coefficient (Wildman–Crippen LogP) is 2.35. The molecule has 0 unspecified atom stereocenters. The summed E-state index contributed by atoms with van der Waals surface area (Å²) in [5.41, 5.74) is 2.01. The standard InChI is InChI=1S/C17H18N2O3/c1-22-17(21)14-8-3-2-5-13(14)10-19-11-18-15(9-16(19)20)12-6-4-7-12/h2-3,5,8-9,11-12H,4,6-7,10H2,1H3. The number of rotatable bonds is 4. The molecule has 0 amide bonds. The van der Waals surface area contributed by atoms with Crippen LogP contribution in [0, 0.1) is 0 Å². The molecule has 0 aliphatic heterocycles. The minimum atomic E-state index is -0.400. The van der Waals surface area contributed by atoms with E-state index in [1.165, 1.54) is 18.1 Å². The fourth-order valence-corrected chi connectivity index (χ4v) is 2.64. The van der Waals surface area contributed by atoms with Crippen molar-refractivity contribution in [3.8, 4) is 0 Å². The Kier molecular flexibility index (Phi) is 4.04. The molecule has 1 fully saturated rings. The number of esters is 1. The van der Waals surface area contributed by atoms with E-state index in [4.69, 9.17) is 4.74 Å². The van der Waals surface area contributed by atoms with Crippen LogP contribution in [0.5, 0.6) is 0 Å². The lowest BCUT2D eigenvalue weighted by atomic mass is 9.83. The van der Waals surface area contributed by atoms with E-state index >= 15 is 0 Å². The first-order valence-electron chi connectivity index (χ1n) is 7.41.